The van der Waals surface area contributed by atoms with E-state index in [2.05, 4.69) is 30.9 Å². The van der Waals surface area contributed by atoms with Crippen molar-refractivity contribution in [3.8, 4) is 11.5 Å². The van der Waals surface area contributed by atoms with Crippen LogP contribution in [-0.4, -0.2) is 23.0 Å². The Bertz CT molecular complexity index is 961. The number of imidazole rings is 1. The summed E-state index contributed by atoms with van der Waals surface area (Å²) in [6.45, 7) is 0.235. The van der Waals surface area contributed by atoms with E-state index in [9.17, 15) is 0 Å². The minimum Gasteiger partial charge on any atom is -0.454 e. The Kier molecular flexibility index (Phi) is 3.24. The molecule has 0 aliphatic carbocycles. The number of nitrogens with one attached hydrogen (secondary N) is 2. The van der Waals surface area contributed by atoms with Gasteiger partial charge in [0.2, 0.25) is 6.79 Å². The van der Waals surface area contributed by atoms with Crippen molar-refractivity contribution in [2.75, 3.05) is 6.79 Å². The van der Waals surface area contributed by atoms with E-state index in [1.807, 2.05) is 30.3 Å². The van der Waals surface area contributed by atoms with Crippen LogP contribution in [-0.2, 0) is 0 Å². The van der Waals surface area contributed by atoms with Gasteiger partial charge in [0.1, 0.15) is 0 Å². The molecular weight excluding hydrogens is 366 g/mol. The van der Waals surface area contributed by atoms with Gasteiger partial charge in [-0.2, -0.15) is 0 Å². The highest BCUT2D eigenvalue weighted by atomic mass is 79.9. The molecule has 1 aromatic heterocycles. The second-order valence-corrected chi connectivity index (χ2v) is 6.12. The normalized spacial score (nSPS) is 13.3. The van der Waals surface area contributed by atoms with E-state index in [1.54, 1.807) is 6.21 Å². The van der Waals surface area contributed by atoms with E-state index >= 15 is 0 Å². The van der Waals surface area contributed by atoms with Crippen molar-refractivity contribution >= 4 is 51.1 Å². The largest absolute Gasteiger partial charge is 0.454 e. The fourth-order valence-corrected chi connectivity index (χ4v) is 3.02. The molecule has 0 bridgehead atoms. The van der Waals surface area contributed by atoms with Gasteiger partial charge in [-0.25, -0.2) is 0 Å². The Morgan fingerprint density at radius 1 is 1.14 bits per heavy atom. The maximum atomic E-state index is 5.49. The van der Waals surface area contributed by atoms with E-state index < -0.39 is 0 Å². The van der Waals surface area contributed by atoms with Gasteiger partial charge in [0, 0.05) is 16.3 Å². The van der Waals surface area contributed by atoms with Gasteiger partial charge in [-0.05, 0) is 42.5 Å². The Morgan fingerprint density at radius 2 is 2.00 bits per heavy atom. The van der Waals surface area contributed by atoms with Gasteiger partial charge in [0.05, 0.1) is 16.7 Å². The van der Waals surface area contributed by atoms with E-state index in [4.69, 9.17) is 21.7 Å². The second-order valence-electron chi connectivity index (χ2n) is 4.80. The summed E-state index contributed by atoms with van der Waals surface area (Å²) in [5, 5.41) is 0. The summed E-state index contributed by atoms with van der Waals surface area (Å²) in [6, 6.07) is 9.63. The summed E-state index contributed by atoms with van der Waals surface area (Å²) in [4.78, 5) is 10.7. The summed E-state index contributed by atoms with van der Waals surface area (Å²) in [5.41, 5.74) is 3.58. The van der Waals surface area contributed by atoms with E-state index in [0.717, 1.165) is 32.5 Å². The Hall–Kier alpha value is -2.12. The van der Waals surface area contributed by atoms with Crippen LogP contribution in [0.1, 0.15) is 5.56 Å². The predicted molar refractivity (Wildman–Crippen MR) is 91.0 cm³/mol. The van der Waals surface area contributed by atoms with Crippen LogP contribution in [0.2, 0.25) is 0 Å². The van der Waals surface area contributed by atoms with Crippen LogP contribution in [0.4, 0.5) is 5.69 Å². The maximum absolute atomic E-state index is 5.49. The lowest BCUT2D eigenvalue weighted by atomic mass is 10.2. The standard InChI is InChI=1S/C15H10BrN3O2S/c16-9-3-8(14-13(4-9)20-7-21-14)6-17-10-1-2-11-12(5-10)19-15(22)18-11/h1-6H,7H2,(H2,18,19,22). The SMILES string of the molecule is S=c1[nH]c2ccc(N=Cc3cc(Br)cc4c3OCO4)cc2[nH]1. The molecule has 7 heteroatoms. The molecule has 4 rings (SSSR count). The van der Waals surface area contributed by atoms with E-state index in [1.165, 1.54) is 0 Å². The fourth-order valence-electron chi connectivity index (χ4n) is 2.34. The molecule has 110 valence electrons. The first-order chi connectivity index (χ1) is 10.7. The zero-order chi connectivity index (χ0) is 15.1. The number of halogens is 1. The molecule has 1 aliphatic rings. The number of rotatable bonds is 2. The topological polar surface area (TPSA) is 62.4 Å². The Morgan fingerprint density at radius 3 is 2.91 bits per heavy atom. The molecule has 3 aromatic rings. The molecule has 0 saturated carbocycles. The number of ether oxygens (including phenoxy) is 2. The van der Waals surface area contributed by atoms with Gasteiger partial charge in [0.25, 0.3) is 0 Å². The van der Waals surface area contributed by atoms with Crippen LogP contribution >= 0.6 is 28.1 Å². The van der Waals surface area contributed by atoms with Crippen LogP contribution in [0, 0.1) is 4.77 Å². The third-order valence-electron chi connectivity index (χ3n) is 3.32. The molecule has 1 aliphatic heterocycles. The van der Waals surface area contributed by atoms with Crippen molar-refractivity contribution in [1.29, 1.82) is 0 Å². The predicted octanol–water partition coefficient (Wildman–Crippen LogP) is 4.47. The minimum absolute atomic E-state index is 0.235. The van der Waals surface area contributed by atoms with Crippen molar-refractivity contribution in [3.63, 3.8) is 0 Å². The molecule has 0 spiro atoms. The van der Waals surface area contributed by atoms with Crippen molar-refractivity contribution in [2.24, 2.45) is 4.99 Å². The van der Waals surface area contributed by atoms with Gasteiger partial charge < -0.3 is 19.4 Å². The van der Waals surface area contributed by atoms with Crippen LogP contribution in [0.25, 0.3) is 11.0 Å². The summed E-state index contributed by atoms with van der Waals surface area (Å²) in [5.74, 6) is 1.44. The highest BCUT2D eigenvalue weighted by Gasteiger charge is 2.17. The molecule has 0 saturated heterocycles. The number of aromatic amines is 2. The number of nitrogens with zero attached hydrogens (tertiary/aromatic N) is 1. The van der Waals surface area contributed by atoms with Crippen LogP contribution in [0.15, 0.2) is 39.8 Å². The molecule has 0 unspecified atom stereocenters. The summed E-state index contributed by atoms with van der Waals surface area (Å²) in [7, 11) is 0. The number of fused-ring (bicyclic) bond motifs is 2. The highest BCUT2D eigenvalue weighted by molar-refractivity contribution is 9.10. The number of hydrogen-bond donors (Lipinski definition) is 2. The number of H-pyrrole nitrogens is 2. The van der Waals surface area contributed by atoms with E-state index in [0.29, 0.717) is 10.5 Å². The van der Waals surface area contributed by atoms with Crippen LogP contribution in [0.3, 0.4) is 0 Å². The number of aromatic nitrogens is 2. The summed E-state index contributed by atoms with van der Waals surface area (Å²) < 4.78 is 12.4. The van der Waals surface area contributed by atoms with Crippen molar-refractivity contribution in [3.05, 3.63) is 45.1 Å². The quantitative estimate of drug-likeness (QED) is 0.513. The van der Waals surface area contributed by atoms with Crippen LogP contribution < -0.4 is 9.47 Å². The molecular formula is C15H10BrN3O2S. The third-order valence-corrected chi connectivity index (χ3v) is 3.98. The summed E-state index contributed by atoms with van der Waals surface area (Å²) >= 11 is 8.54. The number of benzene rings is 2. The average molecular weight is 376 g/mol. The second kappa shape index (κ2) is 5.26. The minimum atomic E-state index is 0.235. The molecule has 0 amide bonds. The van der Waals surface area contributed by atoms with Gasteiger partial charge in [-0.3, -0.25) is 4.99 Å². The first-order valence-electron chi connectivity index (χ1n) is 6.54. The monoisotopic (exact) mass is 375 g/mol. The van der Waals surface area contributed by atoms with Crippen LogP contribution in [0.5, 0.6) is 11.5 Å². The van der Waals surface area contributed by atoms with Crippen molar-refractivity contribution in [1.82, 2.24) is 9.97 Å². The van der Waals surface area contributed by atoms with Gasteiger partial charge >= 0.3 is 0 Å². The zero-order valence-corrected chi connectivity index (χ0v) is 13.6. The highest BCUT2D eigenvalue weighted by Crippen LogP contribution is 2.37. The first kappa shape index (κ1) is 13.5. The molecule has 22 heavy (non-hydrogen) atoms. The van der Waals surface area contributed by atoms with Gasteiger partial charge in [-0.15, -0.1) is 0 Å². The molecule has 2 heterocycles. The zero-order valence-electron chi connectivity index (χ0n) is 11.2. The lowest BCUT2D eigenvalue weighted by Crippen LogP contribution is -1.94. The molecule has 0 atom stereocenters. The van der Waals surface area contributed by atoms with Crippen molar-refractivity contribution in [2.45, 2.75) is 0 Å². The maximum Gasteiger partial charge on any atom is 0.231 e. The molecule has 2 N–H and O–H groups in total. The fraction of sp³-hybridized carbons (Fsp3) is 0.0667. The van der Waals surface area contributed by atoms with Gasteiger partial charge in [-0.1, -0.05) is 15.9 Å². The molecule has 0 fully saturated rings. The number of aliphatic imine (C=N–C) groups is 1. The first-order valence-corrected chi connectivity index (χ1v) is 7.74. The Balaban J connectivity index is 1.72. The lowest BCUT2D eigenvalue weighted by Gasteiger charge is -2.02. The molecule has 5 nitrogen and oxygen atoms in total. The number of hydrogen-bond acceptors (Lipinski definition) is 4. The molecule has 2 aromatic carbocycles. The van der Waals surface area contributed by atoms with E-state index in [-0.39, 0.29) is 6.79 Å². The van der Waals surface area contributed by atoms with Gasteiger partial charge in [0.15, 0.2) is 16.3 Å². The Labute approximate surface area is 139 Å². The average Bonchev–Trinajstić information content (AvgIpc) is 3.08. The lowest BCUT2D eigenvalue weighted by molar-refractivity contribution is 0.174. The van der Waals surface area contributed by atoms with Crippen molar-refractivity contribution < 1.29 is 9.47 Å². The smallest absolute Gasteiger partial charge is 0.231 e. The summed E-state index contributed by atoms with van der Waals surface area (Å²) in [6.07, 6.45) is 1.76. The molecule has 0 radical (unpaired) electrons. The third kappa shape index (κ3) is 2.42.